The maximum atomic E-state index is 12.8. The van der Waals surface area contributed by atoms with Gasteiger partial charge in [-0.1, -0.05) is 0 Å². The molecule has 1 saturated heterocycles. The van der Waals surface area contributed by atoms with Crippen molar-refractivity contribution in [3.63, 3.8) is 0 Å². The van der Waals surface area contributed by atoms with Gasteiger partial charge in [0, 0.05) is 25.0 Å². The Hall–Kier alpha value is -3.13. The largest absolute Gasteiger partial charge is 0.479 e. The fourth-order valence-electron chi connectivity index (χ4n) is 3.09. The number of anilines is 3. The zero-order valence-electron chi connectivity index (χ0n) is 14.9. The highest BCUT2D eigenvalue weighted by atomic mass is 16.5. The maximum Gasteiger partial charge on any atom is 0.265 e. The lowest BCUT2D eigenvalue weighted by molar-refractivity contribution is -0.122. The van der Waals surface area contributed by atoms with E-state index in [1.807, 2.05) is 4.90 Å². The molecule has 140 valence electrons. The Morgan fingerprint density at radius 1 is 1.30 bits per heavy atom. The summed E-state index contributed by atoms with van der Waals surface area (Å²) in [4.78, 5) is 31.0. The van der Waals surface area contributed by atoms with Gasteiger partial charge in [0.1, 0.15) is 11.6 Å². The second-order valence-corrected chi connectivity index (χ2v) is 6.39. The van der Waals surface area contributed by atoms with Crippen LogP contribution < -0.4 is 20.3 Å². The van der Waals surface area contributed by atoms with Gasteiger partial charge in [0.25, 0.3) is 11.8 Å². The summed E-state index contributed by atoms with van der Waals surface area (Å²) in [6.07, 6.45) is 1.14. The third-order valence-corrected chi connectivity index (χ3v) is 4.51. The summed E-state index contributed by atoms with van der Waals surface area (Å²) in [5.41, 5.74) is 1.59. The fourth-order valence-corrected chi connectivity index (χ4v) is 3.09. The molecule has 2 aromatic rings. The first-order chi connectivity index (χ1) is 13.1. The van der Waals surface area contributed by atoms with Crippen molar-refractivity contribution in [2.45, 2.75) is 13.0 Å². The summed E-state index contributed by atoms with van der Waals surface area (Å²) < 4.78 is 10.9. The first-order valence-electron chi connectivity index (χ1n) is 8.82. The molecule has 1 unspecified atom stereocenters. The molecule has 0 saturated carbocycles. The van der Waals surface area contributed by atoms with Crippen molar-refractivity contribution in [3.05, 3.63) is 42.1 Å². The third-order valence-electron chi connectivity index (χ3n) is 4.51. The van der Waals surface area contributed by atoms with E-state index in [2.05, 4.69) is 15.6 Å². The number of pyridine rings is 1. The molecule has 1 atom stereocenters. The van der Waals surface area contributed by atoms with Crippen molar-refractivity contribution in [3.8, 4) is 5.75 Å². The van der Waals surface area contributed by atoms with Gasteiger partial charge in [-0.2, -0.15) is 0 Å². The Labute approximate surface area is 156 Å². The van der Waals surface area contributed by atoms with Gasteiger partial charge in [0.15, 0.2) is 6.10 Å². The van der Waals surface area contributed by atoms with Crippen LogP contribution in [0.15, 0.2) is 36.5 Å². The smallest absolute Gasteiger partial charge is 0.265 e. The van der Waals surface area contributed by atoms with E-state index in [0.717, 1.165) is 0 Å². The van der Waals surface area contributed by atoms with Crippen LogP contribution in [-0.2, 0) is 9.53 Å². The van der Waals surface area contributed by atoms with Gasteiger partial charge in [-0.15, -0.1) is 0 Å². The molecular formula is C19H20N4O4. The van der Waals surface area contributed by atoms with E-state index in [1.165, 1.54) is 0 Å². The Morgan fingerprint density at radius 3 is 2.93 bits per heavy atom. The molecule has 1 aromatic heterocycles. The highest BCUT2D eigenvalue weighted by molar-refractivity contribution is 6.08. The molecule has 8 heteroatoms. The highest BCUT2D eigenvalue weighted by Crippen LogP contribution is 2.32. The lowest BCUT2D eigenvalue weighted by Gasteiger charge is -2.29. The summed E-state index contributed by atoms with van der Waals surface area (Å²) in [6, 6.07) is 8.64. The second kappa shape index (κ2) is 7.24. The topological polar surface area (TPSA) is 92.8 Å². The molecule has 1 fully saturated rings. The van der Waals surface area contributed by atoms with Crippen LogP contribution in [0.1, 0.15) is 17.3 Å². The van der Waals surface area contributed by atoms with Gasteiger partial charge in [0.2, 0.25) is 0 Å². The van der Waals surface area contributed by atoms with E-state index >= 15 is 0 Å². The number of hydrogen-bond acceptors (Lipinski definition) is 6. The highest BCUT2D eigenvalue weighted by Gasteiger charge is 2.24. The lowest BCUT2D eigenvalue weighted by Crippen LogP contribution is -2.38. The molecule has 3 heterocycles. The van der Waals surface area contributed by atoms with Crippen LogP contribution >= 0.6 is 0 Å². The summed E-state index contributed by atoms with van der Waals surface area (Å²) in [7, 11) is 0. The summed E-state index contributed by atoms with van der Waals surface area (Å²) >= 11 is 0. The minimum absolute atomic E-state index is 0.215. The van der Waals surface area contributed by atoms with Crippen LogP contribution in [0.3, 0.4) is 0 Å². The van der Waals surface area contributed by atoms with Crippen molar-refractivity contribution < 1.29 is 19.1 Å². The number of aromatic nitrogens is 1. The predicted octanol–water partition coefficient (Wildman–Crippen LogP) is 1.89. The average molecular weight is 368 g/mol. The summed E-state index contributed by atoms with van der Waals surface area (Å²) in [5, 5.41) is 5.65. The number of amides is 2. The van der Waals surface area contributed by atoms with E-state index in [1.54, 1.807) is 43.5 Å². The van der Waals surface area contributed by atoms with Crippen LogP contribution in [0, 0.1) is 0 Å². The van der Waals surface area contributed by atoms with Crippen LogP contribution in [-0.4, -0.2) is 49.2 Å². The minimum atomic E-state index is -0.538. The molecule has 2 aliphatic rings. The van der Waals surface area contributed by atoms with Crippen molar-refractivity contribution in [1.29, 1.82) is 0 Å². The molecule has 0 bridgehead atoms. The van der Waals surface area contributed by atoms with Crippen LogP contribution in [0.25, 0.3) is 0 Å². The summed E-state index contributed by atoms with van der Waals surface area (Å²) in [6.45, 7) is 4.29. The van der Waals surface area contributed by atoms with E-state index in [9.17, 15) is 9.59 Å². The number of nitrogens with zero attached hydrogens (tertiary/aromatic N) is 2. The van der Waals surface area contributed by atoms with Crippen LogP contribution in [0.2, 0.25) is 0 Å². The average Bonchev–Trinajstić information content (AvgIpc) is 2.70. The van der Waals surface area contributed by atoms with E-state index in [0.29, 0.717) is 54.8 Å². The number of fused-ring (bicyclic) bond motifs is 1. The van der Waals surface area contributed by atoms with E-state index in [4.69, 9.17) is 9.47 Å². The molecule has 4 rings (SSSR count). The predicted molar refractivity (Wildman–Crippen MR) is 100 cm³/mol. The molecule has 27 heavy (non-hydrogen) atoms. The zero-order valence-corrected chi connectivity index (χ0v) is 14.9. The van der Waals surface area contributed by atoms with Gasteiger partial charge in [0.05, 0.1) is 24.5 Å². The molecule has 2 N–H and O–H groups in total. The first kappa shape index (κ1) is 17.3. The number of carbonyl (C=O) groups is 2. The molecule has 2 amide bonds. The Kier molecular flexibility index (Phi) is 4.64. The van der Waals surface area contributed by atoms with Crippen LogP contribution in [0.5, 0.6) is 5.75 Å². The fraction of sp³-hybridized carbons (Fsp3) is 0.316. The molecule has 0 radical (unpaired) electrons. The van der Waals surface area contributed by atoms with E-state index < -0.39 is 6.10 Å². The minimum Gasteiger partial charge on any atom is -0.479 e. The number of hydrogen-bond donors (Lipinski definition) is 2. The monoisotopic (exact) mass is 368 g/mol. The second-order valence-electron chi connectivity index (χ2n) is 6.39. The number of carbonyl (C=O) groups excluding carboxylic acids is 2. The zero-order chi connectivity index (χ0) is 18.8. The number of benzene rings is 1. The SMILES string of the molecule is CC1Oc2ccc(NC(=O)c3cccnc3N3CCOCC3)cc2NC1=O. The first-order valence-corrected chi connectivity index (χ1v) is 8.82. The number of nitrogens with one attached hydrogen (secondary N) is 2. The quantitative estimate of drug-likeness (QED) is 0.860. The molecule has 1 aromatic carbocycles. The number of morpholine rings is 1. The Balaban J connectivity index is 1.55. The maximum absolute atomic E-state index is 12.8. The van der Waals surface area contributed by atoms with Crippen molar-refractivity contribution in [2.75, 3.05) is 41.8 Å². The van der Waals surface area contributed by atoms with Gasteiger partial charge < -0.3 is 25.0 Å². The molecule has 0 spiro atoms. The van der Waals surface area contributed by atoms with Gasteiger partial charge in [-0.05, 0) is 37.3 Å². The Morgan fingerprint density at radius 2 is 2.11 bits per heavy atom. The van der Waals surface area contributed by atoms with Crippen LogP contribution in [0.4, 0.5) is 17.2 Å². The lowest BCUT2D eigenvalue weighted by atomic mass is 10.2. The third kappa shape index (κ3) is 3.56. The van der Waals surface area contributed by atoms with Gasteiger partial charge in [-0.25, -0.2) is 4.98 Å². The normalized spacial score (nSPS) is 18.9. The Bertz CT molecular complexity index is 880. The van der Waals surface area contributed by atoms with Gasteiger partial charge >= 0.3 is 0 Å². The van der Waals surface area contributed by atoms with E-state index in [-0.39, 0.29) is 11.8 Å². The van der Waals surface area contributed by atoms with Crippen molar-refractivity contribution in [2.24, 2.45) is 0 Å². The van der Waals surface area contributed by atoms with Gasteiger partial charge in [-0.3, -0.25) is 9.59 Å². The molecule has 8 nitrogen and oxygen atoms in total. The molecule has 2 aliphatic heterocycles. The summed E-state index contributed by atoms with van der Waals surface area (Å²) in [5.74, 6) is 0.742. The number of rotatable bonds is 3. The molecule has 0 aliphatic carbocycles. The molecular weight excluding hydrogens is 348 g/mol. The van der Waals surface area contributed by atoms with Crippen molar-refractivity contribution >= 4 is 29.0 Å². The number of ether oxygens (including phenoxy) is 2. The standard InChI is InChI=1S/C19H20N4O4/c1-12-18(24)22-15-11-13(4-5-16(15)27-12)21-19(25)14-3-2-6-20-17(14)23-7-9-26-10-8-23/h2-6,11-12H,7-10H2,1H3,(H,21,25)(H,22,24). The van der Waals surface area contributed by atoms with Crippen molar-refractivity contribution in [1.82, 2.24) is 4.98 Å².